The van der Waals surface area contributed by atoms with Gasteiger partial charge < -0.3 is 14.5 Å². The molecule has 0 aromatic carbocycles. The Morgan fingerprint density at radius 1 is 1.26 bits per heavy atom. The average Bonchev–Trinajstić information content (AvgIpc) is 2.96. The molecule has 2 aliphatic carbocycles. The van der Waals surface area contributed by atoms with E-state index >= 15 is 0 Å². The second-order valence-corrected chi connectivity index (χ2v) is 8.30. The highest BCUT2D eigenvalue weighted by molar-refractivity contribution is 5.80. The molecule has 4 nitrogen and oxygen atoms in total. The second kappa shape index (κ2) is 6.21. The van der Waals surface area contributed by atoms with Crippen molar-refractivity contribution < 1.29 is 9.53 Å². The number of nitrogens with zero attached hydrogens (tertiary/aromatic N) is 2. The fourth-order valence-electron chi connectivity index (χ4n) is 5.00. The summed E-state index contributed by atoms with van der Waals surface area (Å²) in [4.78, 5) is 17.6. The van der Waals surface area contributed by atoms with Gasteiger partial charge in [-0.05, 0) is 38.0 Å². The summed E-state index contributed by atoms with van der Waals surface area (Å²) in [6.07, 6.45) is 10.2. The summed E-state index contributed by atoms with van der Waals surface area (Å²) in [5, 5.41) is 0. The Hall–Kier alpha value is -0.870. The van der Waals surface area contributed by atoms with Crippen molar-refractivity contribution in [2.24, 2.45) is 23.2 Å². The molecule has 4 heteroatoms. The fraction of sp³-hybridized carbons (Fsp3) is 0.842. The molecular formula is C19H30N2O2. The number of carbonyl (C=O) groups excluding carboxylic acids is 1. The normalized spacial score (nSPS) is 35.0. The number of allylic oxidation sites excluding steroid dienone is 2. The molecule has 3 fully saturated rings. The molecule has 0 radical (unpaired) electrons. The van der Waals surface area contributed by atoms with E-state index in [9.17, 15) is 4.79 Å². The van der Waals surface area contributed by atoms with Gasteiger partial charge in [-0.1, -0.05) is 12.2 Å². The van der Waals surface area contributed by atoms with Crippen LogP contribution in [-0.2, 0) is 9.53 Å². The molecule has 4 aliphatic rings. The Morgan fingerprint density at radius 3 is 2.74 bits per heavy atom. The van der Waals surface area contributed by atoms with Crippen molar-refractivity contribution in [3.8, 4) is 0 Å². The Kier molecular flexibility index (Phi) is 4.22. The lowest BCUT2D eigenvalue weighted by Crippen LogP contribution is -2.39. The molecule has 0 aromatic rings. The maximum atomic E-state index is 12.8. The minimum Gasteiger partial charge on any atom is -0.384 e. The lowest BCUT2D eigenvalue weighted by atomic mass is 9.77. The van der Waals surface area contributed by atoms with Gasteiger partial charge in [0.25, 0.3) is 0 Å². The van der Waals surface area contributed by atoms with Gasteiger partial charge in [-0.25, -0.2) is 0 Å². The first-order chi connectivity index (χ1) is 11.2. The van der Waals surface area contributed by atoms with Crippen LogP contribution in [0.15, 0.2) is 12.2 Å². The van der Waals surface area contributed by atoms with Crippen LogP contribution in [0.5, 0.6) is 0 Å². The molecule has 0 aromatic heterocycles. The number of hydrogen-bond donors (Lipinski definition) is 0. The van der Waals surface area contributed by atoms with E-state index in [1.807, 2.05) is 7.11 Å². The molecule has 2 heterocycles. The van der Waals surface area contributed by atoms with Crippen LogP contribution in [0.25, 0.3) is 0 Å². The number of rotatable bonds is 5. The Balaban J connectivity index is 1.42. The SMILES string of the molecule is COC[C@H]1CN(CC2CC2)C[C@@]12CCN(C(=O)C1CC=CC1)C2. The van der Waals surface area contributed by atoms with E-state index in [2.05, 4.69) is 22.0 Å². The molecule has 0 N–H and O–H groups in total. The predicted octanol–water partition coefficient (Wildman–Crippen LogP) is 2.16. The van der Waals surface area contributed by atoms with Crippen LogP contribution in [0.2, 0.25) is 0 Å². The Bertz CT molecular complexity index is 480. The van der Waals surface area contributed by atoms with Crippen molar-refractivity contribution >= 4 is 5.91 Å². The van der Waals surface area contributed by atoms with E-state index in [1.54, 1.807) is 0 Å². The van der Waals surface area contributed by atoms with Crippen LogP contribution in [0.3, 0.4) is 0 Å². The molecule has 0 unspecified atom stereocenters. The third-order valence-corrected chi connectivity index (χ3v) is 6.52. The summed E-state index contributed by atoms with van der Waals surface area (Å²) in [7, 11) is 1.82. The van der Waals surface area contributed by atoms with Gasteiger partial charge in [0, 0.05) is 57.1 Å². The van der Waals surface area contributed by atoms with Crippen LogP contribution < -0.4 is 0 Å². The van der Waals surface area contributed by atoms with E-state index in [-0.39, 0.29) is 11.3 Å². The van der Waals surface area contributed by atoms with Crippen LogP contribution in [0, 0.1) is 23.2 Å². The highest BCUT2D eigenvalue weighted by Gasteiger charge is 2.52. The monoisotopic (exact) mass is 318 g/mol. The number of carbonyl (C=O) groups is 1. The zero-order valence-corrected chi connectivity index (χ0v) is 14.4. The van der Waals surface area contributed by atoms with Crippen molar-refractivity contribution in [3.63, 3.8) is 0 Å². The number of hydrogen-bond acceptors (Lipinski definition) is 3. The topological polar surface area (TPSA) is 32.8 Å². The number of likely N-dealkylation sites (tertiary alicyclic amines) is 2. The van der Waals surface area contributed by atoms with Gasteiger partial charge in [0.1, 0.15) is 0 Å². The molecule has 2 saturated heterocycles. The number of amides is 1. The van der Waals surface area contributed by atoms with Crippen molar-refractivity contribution in [2.45, 2.75) is 32.1 Å². The van der Waals surface area contributed by atoms with Crippen LogP contribution >= 0.6 is 0 Å². The second-order valence-electron chi connectivity index (χ2n) is 8.30. The highest BCUT2D eigenvalue weighted by atomic mass is 16.5. The van der Waals surface area contributed by atoms with Crippen LogP contribution in [-0.4, -0.2) is 62.1 Å². The molecule has 4 rings (SSSR count). The average molecular weight is 318 g/mol. The molecule has 128 valence electrons. The Labute approximate surface area is 139 Å². The van der Waals surface area contributed by atoms with Gasteiger partial charge >= 0.3 is 0 Å². The van der Waals surface area contributed by atoms with Gasteiger partial charge in [-0.2, -0.15) is 0 Å². The Morgan fingerprint density at radius 2 is 2.04 bits per heavy atom. The standard InChI is InChI=1S/C19H30N2O2/c1-23-12-17-11-20(10-15-6-7-15)13-19(17)8-9-21(14-19)18(22)16-4-2-3-5-16/h2-3,15-17H,4-14H2,1H3/t17-,19-/m1/s1. The highest BCUT2D eigenvalue weighted by Crippen LogP contribution is 2.45. The number of methoxy groups -OCH3 is 1. The van der Waals surface area contributed by atoms with Gasteiger partial charge in [-0.3, -0.25) is 4.79 Å². The molecule has 23 heavy (non-hydrogen) atoms. The summed E-state index contributed by atoms with van der Waals surface area (Å²) >= 11 is 0. The first-order valence-corrected chi connectivity index (χ1v) is 9.35. The van der Waals surface area contributed by atoms with Crippen LogP contribution in [0.4, 0.5) is 0 Å². The quantitative estimate of drug-likeness (QED) is 0.728. The van der Waals surface area contributed by atoms with Crippen molar-refractivity contribution in [1.29, 1.82) is 0 Å². The molecule has 2 atom stereocenters. The molecule has 1 amide bonds. The minimum absolute atomic E-state index is 0.218. The molecule has 0 bridgehead atoms. The molecular weight excluding hydrogens is 288 g/mol. The summed E-state index contributed by atoms with van der Waals surface area (Å²) in [5.41, 5.74) is 0.284. The summed E-state index contributed by atoms with van der Waals surface area (Å²) in [6.45, 7) is 6.35. The van der Waals surface area contributed by atoms with E-state index in [4.69, 9.17) is 4.74 Å². The summed E-state index contributed by atoms with van der Waals surface area (Å²) in [5.74, 6) is 2.14. The summed E-state index contributed by atoms with van der Waals surface area (Å²) < 4.78 is 5.54. The number of ether oxygens (including phenoxy) is 1. The maximum Gasteiger partial charge on any atom is 0.226 e. The molecule has 2 aliphatic heterocycles. The first kappa shape index (κ1) is 15.6. The summed E-state index contributed by atoms with van der Waals surface area (Å²) in [6, 6.07) is 0. The van der Waals surface area contributed by atoms with E-state index in [0.717, 1.165) is 51.4 Å². The van der Waals surface area contributed by atoms with Gasteiger partial charge in [-0.15, -0.1) is 0 Å². The van der Waals surface area contributed by atoms with Crippen LogP contribution in [0.1, 0.15) is 32.1 Å². The third-order valence-electron chi connectivity index (χ3n) is 6.52. The van der Waals surface area contributed by atoms with E-state index < -0.39 is 0 Å². The van der Waals surface area contributed by atoms with E-state index in [0.29, 0.717) is 11.8 Å². The van der Waals surface area contributed by atoms with Gasteiger partial charge in [0.05, 0.1) is 6.61 Å². The lowest BCUT2D eigenvalue weighted by Gasteiger charge is -2.30. The molecule has 1 spiro atoms. The first-order valence-electron chi connectivity index (χ1n) is 9.35. The zero-order chi connectivity index (χ0) is 15.9. The van der Waals surface area contributed by atoms with E-state index in [1.165, 1.54) is 25.9 Å². The molecule has 1 saturated carbocycles. The maximum absolute atomic E-state index is 12.8. The van der Waals surface area contributed by atoms with Crippen molar-refractivity contribution in [2.75, 3.05) is 46.4 Å². The largest absolute Gasteiger partial charge is 0.384 e. The smallest absolute Gasteiger partial charge is 0.226 e. The third kappa shape index (κ3) is 3.08. The van der Waals surface area contributed by atoms with Gasteiger partial charge in [0.2, 0.25) is 5.91 Å². The fourth-order valence-corrected chi connectivity index (χ4v) is 5.00. The lowest BCUT2D eigenvalue weighted by molar-refractivity contribution is -0.134. The predicted molar refractivity (Wildman–Crippen MR) is 90.0 cm³/mol. The minimum atomic E-state index is 0.218. The zero-order valence-electron chi connectivity index (χ0n) is 14.4. The van der Waals surface area contributed by atoms with Gasteiger partial charge in [0.15, 0.2) is 0 Å². The van der Waals surface area contributed by atoms with Crippen molar-refractivity contribution in [3.05, 3.63) is 12.2 Å². The van der Waals surface area contributed by atoms with Crippen molar-refractivity contribution in [1.82, 2.24) is 9.80 Å².